The van der Waals surface area contributed by atoms with Crippen LogP contribution in [-0.2, 0) is 14.3 Å². The van der Waals surface area contributed by atoms with Gasteiger partial charge in [0.2, 0.25) is 5.95 Å². The molecule has 3 rings (SSSR count). The zero-order valence-electron chi connectivity index (χ0n) is 11.9. The molecule has 114 valence electrons. The number of esters is 1. The molecular formula is C15H15N3O4. The van der Waals surface area contributed by atoms with Crippen molar-refractivity contribution in [2.75, 3.05) is 5.32 Å². The molecule has 2 aromatic heterocycles. The first-order valence-corrected chi connectivity index (χ1v) is 6.97. The van der Waals surface area contributed by atoms with Crippen LogP contribution < -0.4 is 5.32 Å². The van der Waals surface area contributed by atoms with Crippen LogP contribution in [0.15, 0.2) is 41.3 Å². The zero-order chi connectivity index (χ0) is 15.5. The summed E-state index contributed by atoms with van der Waals surface area (Å²) in [7, 11) is 0. The second-order valence-electron chi connectivity index (χ2n) is 5.10. The van der Waals surface area contributed by atoms with Crippen molar-refractivity contribution in [2.24, 2.45) is 5.92 Å². The lowest BCUT2D eigenvalue weighted by Crippen LogP contribution is -2.31. The third-order valence-electron chi connectivity index (χ3n) is 3.46. The first-order chi connectivity index (χ1) is 10.6. The Labute approximate surface area is 126 Å². The number of nitrogens with one attached hydrogen (secondary N) is 1. The molecule has 2 aromatic rings. The van der Waals surface area contributed by atoms with Crippen LogP contribution in [0, 0.1) is 5.92 Å². The van der Waals surface area contributed by atoms with Crippen molar-refractivity contribution in [2.45, 2.75) is 25.4 Å². The molecule has 0 radical (unpaired) electrons. The van der Waals surface area contributed by atoms with Gasteiger partial charge in [-0.1, -0.05) is 0 Å². The van der Waals surface area contributed by atoms with E-state index in [2.05, 4.69) is 15.3 Å². The van der Waals surface area contributed by atoms with Crippen LogP contribution in [0.4, 0.5) is 5.95 Å². The van der Waals surface area contributed by atoms with Crippen molar-refractivity contribution in [1.29, 1.82) is 0 Å². The Morgan fingerprint density at radius 2 is 2.14 bits per heavy atom. The predicted octanol–water partition coefficient (Wildman–Crippen LogP) is 1.74. The fraction of sp³-hybridized carbons (Fsp3) is 0.333. The molecule has 2 heterocycles. The van der Waals surface area contributed by atoms with Crippen LogP contribution in [0.25, 0.3) is 0 Å². The maximum absolute atomic E-state index is 12.0. The first kappa shape index (κ1) is 14.2. The molecule has 7 heteroatoms. The lowest BCUT2D eigenvalue weighted by atomic mass is 10.2. The van der Waals surface area contributed by atoms with Crippen LogP contribution in [0.5, 0.6) is 0 Å². The molecule has 0 spiro atoms. The number of aromatic nitrogens is 2. The highest BCUT2D eigenvalue weighted by molar-refractivity contribution is 5.94. The minimum Gasteiger partial charge on any atom is -0.469 e. The van der Waals surface area contributed by atoms with Gasteiger partial charge in [0.05, 0.1) is 12.2 Å². The molecule has 1 amide bonds. The molecule has 1 N–H and O–H groups in total. The Morgan fingerprint density at radius 3 is 2.82 bits per heavy atom. The monoisotopic (exact) mass is 301 g/mol. The molecule has 1 saturated carbocycles. The number of ether oxygens (including phenoxy) is 1. The number of hydrogen-bond acceptors (Lipinski definition) is 6. The van der Waals surface area contributed by atoms with Gasteiger partial charge < -0.3 is 9.15 Å². The molecule has 0 aromatic carbocycles. The number of amides is 1. The second-order valence-corrected chi connectivity index (χ2v) is 5.10. The van der Waals surface area contributed by atoms with Crippen LogP contribution in [-0.4, -0.2) is 27.9 Å². The number of hydrogen-bond donors (Lipinski definition) is 1. The Hall–Kier alpha value is -2.70. The normalized spacial score (nSPS) is 21.0. The van der Waals surface area contributed by atoms with E-state index in [1.165, 1.54) is 19.3 Å². The topological polar surface area (TPSA) is 94.3 Å². The van der Waals surface area contributed by atoms with Gasteiger partial charge in [0.15, 0.2) is 6.10 Å². The molecule has 3 atom stereocenters. The van der Waals surface area contributed by atoms with Crippen LogP contribution in [0.3, 0.4) is 0 Å². The van der Waals surface area contributed by atoms with Crippen molar-refractivity contribution in [3.05, 3.63) is 42.6 Å². The molecule has 1 aliphatic rings. The second kappa shape index (κ2) is 5.97. The van der Waals surface area contributed by atoms with Crippen molar-refractivity contribution < 1.29 is 18.7 Å². The minimum atomic E-state index is -0.908. The van der Waals surface area contributed by atoms with Gasteiger partial charge in [-0.15, -0.1) is 0 Å². The molecule has 0 saturated heterocycles. The van der Waals surface area contributed by atoms with E-state index in [1.54, 1.807) is 18.4 Å². The number of furan rings is 1. The summed E-state index contributed by atoms with van der Waals surface area (Å²) < 4.78 is 10.5. The molecule has 7 nitrogen and oxygen atoms in total. The average molecular weight is 301 g/mol. The summed E-state index contributed by atoms with van der Waals surface area (Å²) in [4.78, 5) is 31.7. The van der Waals surface area contributed by atoms with Gasteiger partial charge in [-0.2, -0.15) is 0 Å². The smallest absolute Gasteiger partial charge is 0.310 e. The lowest BCUT2D eigenvalue weighted by Gasteiger charge is -2.12. The van der Waals surface area contributed by atoms with Crippen LogP contribution >= 0.6 is 0 Å². The number of carbonyl (C=O) groups is 2. The highest BCUT2D eigenvalue weighted by Crippen LogP contribution is 2.48. The van der Waals surface area contributed by atoms with Gasteiger partial charge in [-0.3, -0.25) is 14.9 Å². The Kier molecular flexibility index (Phi) is 3.86. The SMILES string of the molecule is CC(OC(=O)C1CC1c1ccco1)C(=O)Nc1ncccn1. The Morgan fingerprint density at radius 1 is 1.36 bits per heavy atom. The Bertz CT molecular complexity index is 657. The number of carbonyl (C=O) groups excluding carboxylic acids is 2. The Balaban J connectivity index is 1.50. The highest BCUT2D eigenvalue weighted by atomic mass is 16.5. The summed E-state index contributed by atoms with van der Waals surface area (Å²) in [6, 6.07) is 5.26. The van der Waals surface area contributed by atoms with E-state index in [1.807, 2.05) is 6.07 Å². The van der Waals surface area contributed by atoms with E-state index in [4.69, 9.17) is 9.15 Å². The molecular weight excluding hydrogens is 286 g/mol. The summed E-state index contributed by atoms with van der Waals surface area (Å²) in [6.07, 6.45) is 4.37. The van der Waals surface area contributed by atoms with E-state index in [0.29, 0.717) is 6.42 Å². The molecule has 1 fully saturated rings. The van der Waals surface area contributed by atoms with Crippen LogP contribution in [0.2, 0.25) is 0 Å². The fourth-order valence-corrected chi connectivity index (χ4v) is 2.16. The van der Waals surface area contributed by atoms with Crippen molar-refractivity contribution in [1.82, 2.24) is 9.97 Å². The standard InChI is InChI=1S/C15H15N3O4/c1-9(13(19)18-15-16-5-3-6-17-15)22-14(20)11-8-10(11)12-4-2-7-21-12/h2-7,9-11H,8H2,1H3,(H,16,17,18,19). The van der Waals surface area contributed by atoms with E-state index < -0.39 is 18.0 Å². The molecule has 22 heavy (non-hydrogen) atoms. The van der Waals surface area contributed by atoms with Crippen molar-refractivity contribution in [3.63, 3.8) is 0 Å². The summed E-state index contributed by atoms with van der Waals surface area (Å²) in [6.45, 7) is 1.51. The number of anilines is 1. The first-order valence-electron chi connectivity index (χ1n) is 6.97. The summed E-state index contributed by atoms with van der Waals surface area (Å²) >= 11 is 0. The van der Waals surface area contributed by atoms with Gasteiger partial charge in [-0.05, 0) is 31.5 Å². The minimum absolute atomic E-state index is 0.0511. The van der Waals surface area contributed by atoms with E-state index in [0.717, 1.165) is 5.76 Å². The zero-order valence-corrected chi connectivity index (χ0v) is 11.9. The van der Waals surface area contributed by atoms with Crippen molar-refractivity contribution >= 4 is 17.8 Å². The number of rotatable bonds is 5. The van der Waals surface area contributed by atoms with Gasteiger partial charge in [0, 0.05) is 18.3 Å². The fourth-order valence-electron chi connectivity index (χ4n) is 2.16. The summed E-state index contributed by atoms with van der Waals surface area (Å²) in [5, 5.41) is 2.49. The maximum Gasteiger partial charge on any atom is 0.310 e. The predicted molar refractivity (Wildman–Crippen MR) is 75.8 cm³/mol. The van der Waals surface area contributed by atoms with E-state index in [9.17, 15) is 9.59 Å². The average Bonchev–Trinajstić information content (AvgIpc) is 3.14. The highest BCUT2D eigenvalue weighted by Gasteiger charge is 2.47. The lowest BCUT2D eigenvalue weighted by molar-refractivity contribution is -0.154. The largest absolute Gasteiger partial charge is 0.469 e. The van der Waals surface area contributed by atoms with Gasteiger partial charge in [-0.25, -0.2) is 9.97 Å². The van der Waals surface area contributed by atoms with E-state index in [-0.39, 0.29) is 17.8 Å². The number of nitrogens with zero attached hydrogens (tertiary/aromatic N) is 2. The maximum atomic E-state index is 12.0. The molecule has 0 aliphatic heterocycles. The van der Waals surface area contributed by atoms with Crippen LogP contribution in [0.1, 0.15) is 25.0 Å². The third kappa shape index (κ3) is 3.13. The summed E-state index contributed by atoms with van der Waals surface area (Å²) in [5.41, 5.74) is 0. The van der Waals surface area contributed by atoms with Gasteiger partial charge in [0.25, 0.3) is 5.91 Å². The third-order valence-corrected chi connectivity index (χ3v) is 3.46. The van der Waals surface area contributed by atoms with Crippen molar-refractivity contribution in [3.8, 4) is 0 Å². The summed E-state index contributed by atoms with van der Waals surface area (Å²) in [5.74, 6) is -0.0932. The molecule has 0 bridgehead atoms. The molecule has 1 aliphatic carbocycles. The van der Waals surface area contributed by atoms with Gasteiger partial charge in [0.1, 0.15) is 5.76 Å². The van der Waals surface area contributed by atoms with E-state index >= 15 is 0 Å². The van der Waals surface area contributed by atoms with Gasteiger partial charge >= 0.3 is 5.97 Å². The quantitative estimate of drug-likeness (QED) is 0.845. The molecule has 3 unspecified atom stereocenters.